The van der Waals surface area contributed by atoms with Gasteiger partial charge in [0.1, 0.15) is 0 Å². The minimum Gasteiger partial charge on any atom is -0.330 e. The van der Waals surface area contributed by atoms with Crippen LogP contribution in [-0.2, 0) is 13.1 Å². The predicted molar refractivity (Wildman–Crippen MR) is 94.5 cm³/mol. The highest BCUT2D eigenvalue weighted by atomic mass is 15.1. The lowest BCUT2D eigenvalue weighted by atomic mass is 9.88. The Kier molecular flexibility index (Phi) is 6.17. The van der Waals surface area contributed by atoms with Crippen LogP contribution in [0.1, 0.15) is 31.4 Å². The molecule has 0 saturated carbocycles. The number of hydrogen-bond acceptors (Lipinski definition) is 2. The molecule has 0 bridgehead atoms. The van der Waals surface area contributed by atoms with Gasteiger partial charge in [-0.25, -0.2) is 0 Å². The zero-order valence-corrected chi connectivity index (χ0v) is 13.8. The Morgan fingerprint density at radius 2 is 1.27 bits per heavy atom. The fourth-order valence-corrected chi connectivity index (χ4v) is 2.93. The largest absolute Gasteiger partial charge is 0.330 e. The molecule has 0 unspecified atom stereocenters. The highest BCUT2D eigenvalue weighted by Gasteiger charge is 2.21. The maximum Gasteiger partial charge on any atom is 0.0237 e. The average molecular weight is 296 g/mol. The lowest BCUT2D eigenvalue weighted by Gasteiger charge is -2.32. The van der Waals surface area contributed by atoms with E-state index in [1.807, 2.05) is 0 Å². The van der Waals surface area contributed by atoms with Gasteiger partial charge < -0.3 is 5.73 Å². The van der Waals surface area contributed by atoms with Crippen molar-refractivity contribution in [2.24, 2.45) is 11.1 Å². The van der Waals surface area contributed by atoms with Crippen LogP contribution >= 0.6 is 0 Å². The summed E-state index contributed by atoms with van der Waals surface area (Å²) >= 11 is 0. The highest BCUT2D eigenvalue weighted by Crippen LogP contribution is 2.23. The second kappa shape index (κ2) is 8.11. The molecule has 0 heterocycles. The van der Waals surface area contributed by atoms with E-state index in [9.17, 15) is 0 Å². The monoisotopic (exact) mass is 296 g/mol. The molecule has 2 rings (SSSR count). The van der Waals surface area contributed by atoms with Crippen molar-refractivity contribution >= 4 is 0 Å². The first kappa shape index (κ1) is 16.7. The lowest BCUT2D eigenvalue weighted by Crippen LogP contribution is -2.35. The van der Waals surface area contributed by atoms with Crippen molar-refractivity contribution in [2.45, 2.75) is 33.4 Å². The van der Waals surface area contributed by atoms with Crippen LogP contribution in [0.3, 0.4) is 0 Å². The van der Waals surface area contributed by atoms with Gasteiger partial charge in [-0.3, -0.25) is 4.90 Å². The van der Waals surface area contributed by atoms with Gasteiger partial charge in [0.2, 0.25) is 0 Å². The molecule has 0 aliphatic carbocycles. The first-order valence-corrected chi connectivity index (χ1v) is 8.09. The van der Waals surface area contributed by atoms with Crippen LogP contribution in [0.4, 0.5) is 0 Å². The van der Waals surface area contributed by atoms with Gasteiger partial charge in [-0.1, -0.05) is 74.5 Å². The van der Waals surface area contributed by atoms with E-state index in [4.69, 9.17) is 5.73 Å². The fourth-order valence-electron chi connectivity index (χ4n) is 2.93. The van der Waals surface area contributed by atoms with E-state index in [1.54, 1.807) is 0 Å². The summed E-state index contributed by atoms with van der Waals surface area (Å²) in [5.41, 5.74) is 8.74. The maximum atomic E-state index is 5.78. The molecule has 0 spiro atoms. The summed E-state index contributed by atoms with van der Waals surface area (Å²) in [6.45, 7) is 8.37. The minimum absolute atomic E-state index is 0.234. The summed E-state index contributed by atoms with van der Waals surface area (Å²) in [6, 6.07) is 21.4. The molecule has 0 fully saturated rings. The van der Waals surface area contributed by atoms with E-state index in [1.165, 1.54) is 11.1 Å². The van der Waals surface area contributed by atoms with E-state index in [2.05, 4.69) is 79.4 Å². The first-order valence-electron chi connectivity index (χ1n) is 8.09. The zero-order chi connectivity index (χ0) is 15.8. The van der Waals surface area contributed by atoms with Crippen LogP contribution < -0.4 is 5.73 Å². The molecule has 2 N–H and O–H groups in total. The Morgan fingerprint density at radius 3 is 1.68 bits per heavy atom. The Bertz CT molecular complexity index is 493. The molecule has 2 heteroatoms. The summed E-state index contributed by atoms with van der Waals surface area (Å²) in [7, 11) is 0. The third kappa shape index (κ3) is 5.63. The van der Waals surface area contributed by atoms with Crippen molar-refractivity contribution in [2.75, 3.05) is 13.1 Å². The Morgan fingerprint density at radius 1 is 0.818 bits per heavy atom. The molecule has 0 aliphatic rings. The first-order chi connectivity index (χ1) is 10.6. The van der Waals surface area contributed by atoms with Crippen molar-refractivity contribution in [1.82, 2.24) is 4.90 Å². The van der Waals surface area contributed by atoms with Crippen LogP contribution in [0, 0.1) is 5.41 Å². The Balaban J connectivity index is 2.09. The maximum absolute atomic E-state index is 5.78. The van der Waals surface area contributed by atoms with Gasteiger partial charge in [-0.15, -0.1) is 0 Å². The Labute approximate surface area is 135 Å². The van der Waals surface area contributed by atoms with E-state index in [0.717, 1.165) is 32.6 Å². The van der Waals surface area contributed by atoms with Crippen LogP contribution in [-0.4, -0.2) is 18.0 Å². The van der Waals surface area contributed by atoms with Crippen LogP contribution in [0.5, 0.6) is 0 Å². The van der Waals surface area contributed by atoms with Gasteiger partial charge in [-0.05, 0) is 29.5 Å². The SMILES string of the molecule is CC(C)(CCN)CN(Cc1ccccc1)Cc1ccccc1. The van der Waals surface area contributed by atoms with E-state index in [0.29, 0.717) is 0 Å². The number of nitrogens with zero attached hydrogens (tertiary/aromatic N) is 1. The van der Waals surface area contributed by atoms with Crippen molar-refractivity contribution in [3.05, 3.63) is 71.8 Å². The Hall–Kier alpha value is -1.64. The van der Waals surface area contributed by atoms with Crippen molar-refractivity contribution in [1.29, 1.82) is 0 Å². The summed E-state index contributed by atoms with van der Waals surface area (Å²) in [5.74, 6) is 0. The lowest BCUT2D eigenvalue weighted by molar-refractivity contribution is 0.157. The van der Waals surface area contributed by atoms with Gasteiger partial charge in [0.25, 0.3) is 0 Å². The van der Waals surface area contributed by atoms with Crippen molar-refractivity contribution in [3.63, 3.8) is 0 Å². The average Bonchev–Trinajstić information content (AvgIpc) is 2.48. The summed E-state index contributed by atoms with van der Waals surface area (Å²) < 4.78 is 0. The van der Waals surface area contributed by atoms with Gasteiger partial charge >= 0.3 is 0 Å². The zero-order valence-electron chi connectivity index (χ0n) is 13.8. The summed E-state index contributed by atoms with van der Waals surface area (Å²) in [5, 5.41) is 0. The highest BCUT2D eigenvalue weighted by molar-refractivity contribution is 5.17. The summed E-state index contributed by atoms with van der Waals surface area (Å²) in [4.78, 5) is 2.53. The molecular weight excluding hydrogens is 268 g/mol. The molecule has 0 aromatic heterocycles. The van der Waals surface area contributed by atoms with E-state index in [-0.39, 0.29) is 5.41 Å². The second-order valence-corrected chi connectivity index (χ2v) is 6.82. The van der Waals surface area contributed by atoms with Gasteiger partial charge in [0.05, 0.1) is 0 Å². The fraction of sp³-hybridized carbons (Fsp3) is 0.400. The number of hydrogen-bond donors (Lipinski definition) is 1. The molecular formula is C20H28N2. The standard InChI is InChI=1S/C20H28N2/c1-20(2,13-14-21)17-22(15-18-9-5-3-6-10-18)16-19-11-7-4-8-12-19/h3-12H,13-17,21H2,1-2H3. The quantitative estimate of drug-likeness (QED) is 0.796. The molecule has 0 atom stereocenters. The number of benzene rings is 2. The summed E-state index contributed by atoms with van der Waals surface area (Å²) in [6.07, 6.45) is 1.05. The number of nitrogens with two attached hydrogens (primary N) is 1. The van der Waals surface area contributed by atoms with E-state index >= 15 is 0 Å². The van der Waals surface area contributed by atoms with Gasteiger partial charge in [0, 0.05) is 19.6 Å². The molecule has 0 radical (unpaired) electrons. The number of rotatable bonds is 8. The minimum atomic E-state index is 0.234. The molecule has 22 heavy (non-hydrogen) atoms. The normalized spacial score (nSPS) is 11.8. The molecule has 0 amide bonds. The molecule has 2 aromatic carbocycles. The van der Waals surface area contributed by atoms with Crippen LogP contribution in [0.25, 0.3) is 0 Å². The predicted octanol–water partition coefficient (Wildman–Crippen LogP) is 4.06. The van der Waals surface area contributed by atoms with Gasteiger partial charge in [-0.2, -0.15) is 0 Å². The smallest absolute Gasteiger partial charge is 0.0237 e. The third-order valence-electron chi connectivity index (χ3n) is 3.97. The molecule has 0 aliphatic heterocycles. The second-order valence-electron chi connectivity index (χ2n) is 6.82. The van der Waals surface area contributed by atoms with Crippen LogP contribution in [0.15, 0.2) is 60.7 Å². The molecule has 2 aromatic rings. The molecule has 118 valence electrons. The van der Waals surface area contributed by atoms with Gasteiger partial charge in [0.15, 0.2) is 0 Å². The van der Waals surface area contributed by atoms with Crippen molar-refractivity contribution in [3.8, 4) is 0 Å². The topological polar surface area (TPSA) is 29.3 Å². The van der Waals surface area contributed by atoms with E-state index < -0.39 is 0 Å². The van der Waals surface area contributed by atoms with Crippen LogP contribution in [0.2, 0.25) is 0 Å². The molecule has 2 nitrogen and oxygen atoms in total. The third-order valence-corrected chi connectivity index (χ3v) is 3.97. The van der Waals surface area contributed by atoms with Crippen molar-refractivity contribution < 1.29 is 0 Å². The molecule has 0 saturated heterocycles.